The molecule has 0 aliphatic carbocycles. The lowest BCUT2D eigenvalue weighted by Crippen LogP contribution is -2.35. The summed E-state index contributed by atoms with van der Waals surface area (Å²) in [6, 6.07) is 9.80. The van der Waals surface area contributed by atoms with Crippen LogP contribution in [-0.4, -0.2) is 56.7 Å². The van der Waals surface area contributed by atoms with Gasteiger partial charge < -0.3 is 20.1 Å². The molecule has 2 N–H and O–H groups in total. The lowest BCUT2D eigenvalue weighted by molar-refractivity contribution is 0.178. The summed E-state index contributed by atoms with van der Waals surface area (Å²) in [6.07, 6.45) is 2.02. The average molecular weight is 409 g/mol. The maximum Gasteiger partial charge on any atom is 0.240 e. The molecular weight excluding hydrogens is 380 g/mol. The van der Waals surface area contributed by atoms with Crippen LogP contribution in [0.25, 0.3) is 11.6 Å². The zero-order valence-corrected chi connectivity index (χ0v) is 17.7. The normalized spacial score (nSPS) is 15.6. The van der Waals surface area contributed by atoms with Gasteiger partial charge in [-0.05, 0) is 44.0 Å². The van der Waals surface area contributed by atoms with Crippen LogP contribution < -0.4 is 10.6 Å². The van der Waals surface area contributed by atoms with Crippen LogP contribution in [0, 0.1) is 5.92 Å². The van der Waals surface area contributed by atoms with Gasteiger partial charge in [0.1, 0.15) is 0 Å². The highest BCUT2D eigenvalue weighted by molar-refractivity contribution is 5.58. The van der Waals surface area contributed by atoms with Gasteiger partial charge in [-0.15, -0.1) is 0 Å². The van der Waals surface area contributed by atoms with Gasteiger partial charge in [-0.25, -0.2) is 0 Å². The monoisotopic (exact) mass is 408 g/mol. The molecule has 0 spiro atoms. The van der Waals surface area contributed by atoms with Gasteiger partial charge in [0.15, 0.2) is 0 Å². The first kappa shape index (κ1) is 20.2. The lowest BCUT2D eigenvalue weighted by atomic mass is 9.96. The van der Waals surface area contributed by atoms with Gasteiger partial charge in [-0.1, -0.05) is 37.2 Å². The van der Waals surface area contributed by atoms with Crippen LogP contribution in [0.4, 0.5) is 17.6 Å². The fraction of sp³-hybridized carbons (Fsp3) is 0.476. The highest BCUT2D eigenvalue weighted by Gasteiger charge is 2.26. The molecule has 2 aromatic heterocycles. The maximum atomic E-state index is 5.94. The van der Waals surface area contributed by atoms with Crippen molar-refractivity contribution in [3.05, 3.63) is 36.2 Å². The second-order valence-electron chi connectivity index (χ2n) is 8.14. The zero-order chi connectivity index (χ0) is 21.1. The minimum atomic E-state index is 0.117. The second kappa shape index (κ2) is 8.74. The number of anilines is 3. The third-order valence-corrected chi connectivity index (χ3v) is 5.29. The molecule has 3 aromatic rings. The molecule has 0 bridgehead atoms. The van der Waals surface area contributed by atoms with Crippen molar-refractivity contribution in [2.45, 2.75) is 32.6 Å². The van der Waals surface area contributed by atoms with E-state index in [0.717, 1.165) is 38.2 Å². The fourth-order valence-corrected chi connectivity index (χ4v) is 3.77. The summed E-state index contributed by atoms with van der Waals surface area (Å²) in [5, 5.41) is 4.12. The first-order valence-electron chi connectivity index (χ1n) is 10.4. The van der Waals surface area contributed by atoms with Gasteiger partial charge >= 0.3 is 0 Å². The molecular formula is C21H28N8O. The number of aromatic nitrogens is 5. The number of hydrogen-bond acceptors (Lipinski definition) is 9. The lowest BCUT2D eigenvalue weighted by Gasteiger charge is -2.31. The summed E-state index contributed by atoms with van der Waals surface area (Å²) in [5.41, 5.74) is 6.88. The smallest absolute Gasteiger partial charge is 0.240 e. The van der Waals surface area contributed by atoms with Crippen LogP contribution in [0.15, 0.2) is 34.9 Å². The Kier molecular flexibility index (Phi) is 5.89. The molecule has 1 aliphatic rings. The van der Waals surface area contributed by atoms with Gasteiger partial charge in [0, 0.05) is 25.2 Å². The van der Waals surface area contributed by atoms with Crippen molar-refractivity contribution in [3.8, 4) is 11.6 Å². The Morgan fingerprint density at radius 1 is 1.07 bits per heavy atom. The Morgan fingerprint density at radius 3 is 2.50 bits per heavy atom. The average Bonchev–Trinajstić information content (AvgIpc) is 3.24. The first-order chi connectivity index (χ1) is 14.5. The minimum absolute atomic E-state index is 0.117. The molecule has 30 heavy (non-hydrogen) atoms. The summed E-state index contributed by atoms with van der Waals surface area (Å²) in [7, 11) is 1.88. The van der Waals surface area contributed by atoms with Crippen molar-refractivity contribution in [1.29, 1.82) is 0 Å². The molecule has 9 nitrogen and oxygen atoms in total. The van der Waals surface area contributed by atoms with Crippen LogP contribution >= 0.6 is 0 Å². The molecule has 0 atom stereocenters. The van der Waals surface area contributed by atoms with E-state index in [9.17, 15) is 0 Å². The Hall–Kier alpha value is -3.07. The first-order valence-corrected chi connectivity index (χ1v) is 10.4. The molecule has 0 saturated carbocycles. The Labute approximate surface area is 176 Å². The van der Waals surface area contributed by atoms with Crippen molar-refractivity contribution in [1.82, 2.24) is 30.0 Å². The molecule has 4 rings (SSSR count). The fourth-order valence-electron chi connectivity index (χ4n) is 3.77. The summed E-state index contributed by atoms with van der Waals surface area (Å²) in [6.45, 7) is 7.72. The molecule has 1 fully saturated rings. The number of rotatable bonds is 6. The molecule has 9 heteroatoms. The summed E-state index contributed by atoms with van der Waals surface area (Å²) in [4.78, 5) is 21.9. The van der Waals surface area contributed by atoms with Gasteiger partial charge in [0.25, 0.3) is 0 Å². The van der Waals surface area contributed by atoms with Crippen molar-refractivity contribution in [3.63, 3.8) is 0 Å². The molecule has 0 amide bonds. The molecule has 3 heterocycles. The van der Waals surface area contributed by atoms with E-state index in [0.29, 0.717) is 29.4 Å². The predicted octanol–water partition coefficient (Wildman–Crippen LogP) is 3.11. The van der Waals surface area contributed by atoms with Gasteiger partial charge in [-0.3, -0.25) is 0 Å². The predicted molar refractivity (Wildman–Crippen MR) is 115 cm³/mol. The van der Waals surface area contributed by atoms with Crippen molar-refractivity contribution in [2.75, 3.05) is 37.3 Å². The highest BCUT2D eigenvalue weighted by atomic mass is 16.5. The number of likely N-dealkylation sites (tertiary alicyclic amines) is 1. The van der Waals surface area contributed by atoms with E-state index in [4.69, 9.17) is 10.3 Å². The number of nitrogen functional groups attached to an aromatic ring is 1. The SMILES string of the molecule is CC(C)CN1CCC(c2nc(-c3nc(N)nc(N(C)c4ccccc4)n3)no2)CC1. The van der Waals surface area contributed by atoms with E-state index >= 15 is 0 Å². The number of para-hydroxylation sites is 1. The van der Waals surface area contributed by atoms with Crippen molar-refractivity contribution < 1.29 is 4.52 Å². The van der Waals surface area contributed by atoms with Crippen LogP contribution in [-0.2, 0) is 0 Å². The molecule has 1 aliphatic heterocycles. The molecule has 0 radical (unpaired) electrons. The van der Waals surface area contributed by atoms with Gasteiger partial charge in [0.05, 0.1) is 0 Å². The number of hydrogen-bond donors (Lipinski definition) is 1. The standard InChI is InChI=1S/C21H28N8O/c1-14(2)13-29-11-9-15(10-12-29)19-23-18(27-30-19)17-24-20(22)26-21(25-17)28(3)16-7-5-4-6-8-16/h4-8,14-15H,9-13H2,1-3H3,(H2,22,24,25,26). The molecule has 0 unspecified atom stereocenters. The second-order valence-corrected chi connectivity index (χ2v) is 8.14. The number of benzene rings is 1. The number of nitrogens with two attached hydrogens (primary N) is 1. The number of nitrogens with zero attached hydrogens (tertiary/aromatic N) is 7. The van der Waals surface area contributed by atoms with E-state index in [1.165, 1.54) is 0 Å². The Balaban J connectivity index is 1.50. The highest BCUT2D eigenvalue weighted by Crippen LogP contribution is 2.29. The summed E-state index contributed by atoms with van der Waals surface area (Å²) in [5.74, 6) is 2.78. The van der Waals surface area contributed by atoms with Gasteiger partial charge in [0.2, 0.25) is 29.4 Å². The quantitative estimate of drug-likeness (QED) is 0.657. The maximum absolute atomic E-state index is 5.94. The molecule has 1 saturated heterocycles. The third-order valence-electron chi connectivity index (χ3n) is 5.29. The van der Waals surface area contributed by atoms with E-state index in [2.05, 4.69) is 43.8 Å². The number of piperidine rings is 1. The van der Waals surface area contributed by atoms with Crippen LogP contribution in [0.3, 0.4) is 0 Å². The molecule has 1 aromatic carbocycles. The van der Waals surface area contributed by atoms with Gasteiger partial charge in [-0.2, -0.15) is 19.9 Å². The molecule has 158 valence electrons. The third kappa shape index (κ3) is 4.56. The van der Waals surface area contributed by atoms with E-state index in [-0.39, 0.29) is 11.9 Å². The van der Waals surface area contributed by atoms with E-state index in [1.807, 2.05) is 42.3 Å². The topological polar surface area (TPSA) is 110 Å². The van der Waals surface area contributed by atoms with E-state index < -0.39 is 0 Å². The van der Waals surface area contributed by atoms with Crippen molar-refractivity contribution >= 4 is 17.6 Å². The van der Waals surface area contributed by atoms with Crippen LogP contribution in [0.1, 0.15) is 38.5 Å². The Bertz CT molecular complexity index is 966. The van der Waals surface area contributed by atoms with Crippen molar-refractivity contribution in [2.24, 2.45) is 5.92 Å². The summed E-state index contributed by atoms with van der Waals surface area (Å²) >= 11 is 0. The largest absolute Gasteiger partial charge is 0.368 e. The summed E-state index contributed by atoms with van der Waals surface area (Å²) < 4.78 is 5.57. The van der Waals surface area contributed by atoms with E-state index in [1.54, 1.807) is 0 Å². The minimum Gasteiger partial charge on any atom is -0.368 e. The Morgan fingerprint density at radius 2 is 1.80 bits per heavy atom. The van der Waals surface area contributed by atoms with Crippen LogP contribution in [0.2, 0.25) is 0 Å². The van der Waals surface area contributed by atoms with Crippen LogP contribution in [0.5, 0.6) is 0 Å². The zero-order valence-electron chi connectivity index (χ0n) is 17.7.